The standard InChI is InChI=1S/C12H12BrNO2/c13-10-7-8(12(15)16)5-6-11(10)14-9-3-1-2-4-9/h1-2,5-7,9,14H,3-4H2,(H,15,16). The first-order valence-electron chi connectivity index (χ1n) is 5.11. The minimum atomic E-state index is -0.908. The summed E-state index contributed by atoms with van der Waals surface area (Å²) < 4.78 is 0.791. The Labute approximate surface area is 102 Å². The highest BCUT2D eigenvalue weighted by atomic mass is 79.9. The van der Waals surface area contributed by atoms with Crippen LogP contribution in [0.15, 0.2) is 34.8 Å². The van der Waals surface area contributed by atoms with E-state index in [1.54, 1.807) is 18.2 Å². The normalized spacial score (nSPS) is 15.3. The maximum Gasteiger partial charge on any atom is 0.335 e. The van der Waals surface area contributed by atoms with Crippen molar-refractivity contribution in [3.05, 3.63) is 40.4 Å². The van der Waals surface area contributed by atoms with Gasteiger partial charge in [-0.2, -0.15) is 0 Å². The monoisotopic (exact) mass is 281 g/mol. The summed E-state index contributed by atoms with van der Waals surface area (Å²) in [5.41, 5.74) is 1.24. The average Bonchev–Trinajstić information content (AvgIpc) is 2.73. The van der Waals surface area contributed by atoms with E-state index in [1.165, 1.54) is 0 Å². The van der Waals surface area contributed by atoms with Gasteiger partial charge in [-0.15, -0.1) is 0 Å². The molecule has 16 heavy (non-hydrogen) atoms. The van der Waals surface area contributed by atoms with Crippen LogP contribution >= 0.6 is 15.9 Å². The Morgan fingerprint density at radius 3 is 2.62 bits per heavy atom. The molecule has 1 aliphatic carbocycles. The van der Waals surface area contributed by atoms with Gasteiger partial charge in [0, 0.05) is 16.2 Å². The lowest BCUT2D eigenvalue weighted by Gasteiger charge is -2.15. The summed E-state index contributed by atoms with van der Waals surface area (Å²) in [4.78, 5) is 10.8. The van der Waals surface area contributed by atoms with E-state index in [0.29, 0.717) is 11.6 Å². The number of rotatable bonds is 3. The molecule has 1 aromatic rings. The molecule has 0 saturated heterocycles. The molecule has 0 bridgehead atoms. The molecule has 4 heteroatoms. The van der Waals surface area contributed by atoms with Gasteiger partial charge in [0.1, 0.15) is 0 Å². The van der Waals surface area contributed by atoms with Crippen LogP contribution in [-0.4, -0.2) is 17.1 Å². The lowest BCUT2D eigenvalue weighted by molar-refractivity contribution is 0.0697. The maximum atomic E-state index is 10.8. The lowest BCUT2D eigenvalue weighted by atomic mass is 10.2. The topological polar surface area (TPSA) is 49.3 Å². The Hall–Kier alpha value is -1.29. The van der Waals surface area contributed by atoms with Gasteiger partial charge in [0.05, 0.1) is 5.56 Å². The Balaban J connectivity index is 2.12. The summed E-state index contributed by atoms with van der Waals surface area (Å²) in [7, 11) is 0. The number of carboxylic acids is 1. The van der Waals surface area contributed by atoms with Crippen LogP contribution in [-0.2, 0) is 0 Å². The average molecular weight is 282 g/mol. The van der Waals surface area contributed by atoms with E-state index in [0.717, 1.165) is 23.0 Å². The molecule has 0 heterocycles. The number of hydrogen-bond donors (Lipinski definition) is 2. The van der Waals surface area contributed by atoms with E-state index < -0.39 is 5.97 Å². The molecular formula is C12H12BrNO2. The van der Waals surface area contributed by atoms with Crippen molar-refractivity contribution >= 4 is 27.6 Å². The second-order valence-electron chi connectivity index (χ2n) is 3.78. The molecule has 0 saturated carbocycles. The first-order chi connectivity index (χ1) is 7.66. The SMILES string of the molecule is O=C(O)c1ccc(NC2CC=CC2)c(Br)c1. The third kappa shape index (κ3) is 2.44. The van der Waals surface area contributed by atoms with Crippen molar-refractivity contribution in [3.63, 3.8) is 0 Å². The van der Waals surface area contributed by atoms with E-state index in [2.05, 4.69) is 33.4 Å². The molecule has 0 amide bonds. The molecule has 3 nitrogen and oxygen atoms in total. The molecular weight excluding hydrogens is 270 g/mol. The van der Waals surface area contributed by atoms with Crippen molar-refractivity contribution in [1.82, 2.24) is 0 Å². The van der Waals surface area contributed by atoms with Crippen molar-refractivity contribution in [2.45, 2.75) is 18.9 Å². The van der Waals surface area contributed by atoms with Crippen molar-refractivity contribution in [2.75, 3.05) is 5.32 Å². The summed E-state index contributed by atoms with van der Waals surface area (Å²) in [6.07, 6.45) is 6.34. The highest BCUT2D eigenvalue weighted by molar-refractivity contribution is 9.10. The van der Waals surface area contributed by atoms with Crippen molar-refractivity contribution in [3.8, 4) is 0 Å². The first-order valence-corrected chi connectivity index (χ1v) is 5.90. The van der Waals surface area contributed by atoms with Crippen LogP contribution in [0.5, 0.6) is 0 Å². The summed E-state index contributed by atoms with van der Waals surface area (Å²) in [6.45, 7) is 0. The van der Waals surface area contributed by atoms with Crippen molar-refractivity contribution in [1.29, 1.82) is 0 Å². The number of carbonyl (C=O) groups is 1. The molecule has 0 aliphatic heterocycles. The number of hydrogen-bond acceptors (Lipinski definition) is 2. The quantitative estimate of drug-likeness (QED) is 0.836. The Bertz CT molecular complexity index is 435. The molecule has 84 valence electrons. The number of carboxylic acid groups (broad SMARTS) is 1. The third-order valence-corrected chi connectivity index (χ3v) is 3.24. The zero-order valence-electron chi connectivity index (χ0n) is 8.61. The molecule has 1 aliphatic rings. The maximum absolute atomic E-state index is 10.8. The van der Waals surface area contributed by atoms with Gasteiger partial charge in [-0.1, -0.05) is 12.2 Å². The molecule has 0 fully saturated rings. The fourth-order valence-corrected chi connectivity index (χ4v) is 2.21. The number of halogens is 1. The van der Waals surface area contributed by atoms with Gasteiger partial charge in [0.15, 0.2) is 0 Å². The van der Waals surface area contributed by atoms with Gasteiger partial charge in [0.2, 0.25) is 0 Å². The fourth-order valence-electron chi connectivity index (χ4n) is 1.72. The molecule has 0 aromatic heterocycles. The second-order valence-corrected chi connectivity index (χ2v) is 4.64. The van der Waals surface area contributed by atoms with Crippen LogP contribution < -0.4 is 5.32 Å². The minimum Gasteiger partial charge on any atom is -0.478 e. The number of anilines is 1. The van der Waals surface area contributed by atoms with Crippen LogP contribution in [0.25, 0.3) is 0 Å². The van der Waals surface area contributed by atoms with Gasteiger partial charge < -0.3 is 10.4 Å². The molecule has 0 radical (unpaired) electrons. The smallest absolute Gasteiger partial charge is 0.335 e. The number of aromatic carboxylic acids is 1. The number of benzene rings is 1. The Morgan fingerprint density at radius 2 is 2.06 bits per heavy atom. The van der Waals surface area contributed by atoms with Gasteiger partial charge in [-0.25, -0.2) is 4.79 Å². The summed E-state index contributed by atoms with van der Waals surface area (Å²) in [5, 5.41) is 12.2. The third-order valence-electron chi connectivity index (χ3n) is 2.58. The van der Waals surface area contributed by atoms with Crippen LogP contribution in [0.2, 0.25) is 0 Å². The van der Waals surface area contributed by atoms with Gasteiger partial charge in [-0.3, -0.25) is 0 Å². The second kappa shape index (κ2) is 4.70. The highest BCUT2D eigenvalue weighted by Gasteiger charge is 2.12. The zero-order valence-corrected chi connectivity index (χ0v) is 10.2. The van der Waals surface area contributed by atoms with E-state index in [4.69, 9.17) is 5.11 Å². The van der Waals surface area contributed by atoms with Crippen molar-refractivity contribution in [2.24, 2.45) is 0 Å². The van der Waals surface area contributed by atoms with Crippen LogP contribution in [0.4, 0.5) is 5.69 Å². The van der Waals surface area contributed by atoms with E-state index in [1.807, 2.05) is 0 Å². The first kappa shape index (κ1) is 11.2. The molecule has 2 rings (SSSR count). The van der Waals surface area contributed by atoms with Crippen molar-refractivity contribution < 1.29 is 9.90 Å². The van der Waals surface area contributed by atoms with Crippen LogP contribution in [0, 0.1) is 0 Å². The van der Waals surface area contributed by atoms with Gasteiger partial charge >= 0.3 is 5.97 Å². The molecule has 2 N–H and O–H groups in total. The predicted octanol–water partition coefficient (Wildman–Crippen LogP) is 3.28. The van der Waals surface area contributed by atoms with Crippen LogP contribution in [0.1, 0.15) is 23.2 Å². The van der Waals surface area contributed by atoms with Gasteiger partial charge in [-0.05, 0) is 47.0 Å². The lowest BCUT2D eigenvalue weighted by Crippen LogP contribution is -2.15. The molecule has 0 spiro atoms. The van der Waals surface area contributed by atoms with Gasteiger partial charge in [0.25, 0.3) is 0 Å². The van der Waals surface area contributed by atoms with E-state index in [9.17, 15) is 4.79 Å². The summed E-state index contributed by atoms with van der Waals surface area (Å²) in [6, 6.07) is 5.45. The fraction of sp³-hybridized carbons (Fsp3) is 0.250. The largest absolute Gasteiger partial charge is 0.478 e. The van der Waals surface area contributed by atoms with E-state index in [-0.39, 0.29) is 0 Å². The Morgan fingerprint density at radius 1 is 1.38 bits per heavy atom. The summed E-state index contributed by atoms with van der Waals surface area (Å²) >= 11 is 3.38. The van der Waals surface area contributed by atoms with Crippen LogP contribution in [0.3, 0.4) is 0 Å². The number of nitrogens with one attached hydrogen (secondary N) is 1. The molecule has 1 aromatic carbocycles. The molecule has 0 atom stereocenters. The molecule has 0 unspecified atom stereocenters. The van der Waals surface area contributed by atoms with E-state index >= 15 is 0 Å². The minimum absolute atomic E-state index is 0.293. The highest BCUT2D eigenvalue weighted by Crippen LogP contribution is 2.26. The summed E-state index contributed by atoms with van der Waals surface area (Å²) in [5.74, 6) is -0.908. The Kier molecular flexibility index (Phi) is 3.29. The predicted molar refractivity (Wildman–Crippen MR) is 66.9 cm³/mol. The zero-order chi connectivity index (χ0) is 11.5.